The third kappa shape index (κ3) is 22.5. The summed E-state index contributed by atoms with van der Waals surface area (Å²) in [6.07, 6.45) is 17.3. The van der Waals surface area contributed by atoms with E-state index in [-0.39, 0.29) is 18.9 Å². The molecule has 0 aliphatic carbocycles. The fourth-order valence-electron chi connectivity index (χ4n) is 2.60. The van der Waals surface area contributed by atoms with Gasteiger partial charge in [-0.3, -0.25) is 4.79 Å². The molecular formula is C18H36LiO2. The Labute approximate surface area is 144 Å². The second-order valence-corrected chi connectivity index (χ2v) is 6.57. The summed E-state index contributed by atoms with van der Waals surface area (Å²) in [4.78, 5) is 10.3. The first-order valence-electron chi connectivity index (χ1n) is 8.84. The third-order valence-electron chi connectivity index (χ3n) is 3.92. The molecule has 0 fully saturated rings. The van der Waals surface area contributed by atoms with Crippen molar-refractivity contribution in [2.75, 3.05) is 0 Å². The van der Waals surface area contributed by atoms with Crippen molar-refractivity contribution in [1.82, 2.24) is 0 Å². The van der Waals surface area contributed by atoms with E-state index in [1.165, 1.54) is 70.6 Å². The summed E-state index contributed by atoms with van der Waals surface area (Å²) in [5.74, 6) is 0.212. The minimum Gasteiger partial charge on any atom is -0.481 e. The van der Waals surface area contributed by atoms with Crippen LogP contribution in [0.2, 0.25) is 0 Å². The van der Waals surface area contributed by atoms with Crippen molar-refractivity contribution >= 4 is 24.8 Å². The third-order valence-corrected chi connectivity index (χ3v) is 3.92. The van der Waals surface area contributed by atoms with Gasteiger partial charge in [-0.1, -0.05) is 90.9 Å². The van der Waals surface area contributed by atoms with E-state index in [0.717, 1.165) is 18.8 Å². The fourth-order valence-corrected chi connectivity index (χ4v) is 2.60. The van der Waals surface area contributed by atoms with Gasteiger partial charge >= 0.3 is 5.97 Å². The van der Waals surface area contributed by atoms with Crippen LogP contribution in [0.4, 0.5) is 0 Å². The van der Waals surface area contributed by atoms with Gasteiger partial charge in [-0.2, -0.15) is 0 Å². The zero-order chi connectivity index (χ0) is 15.1. The van der Waals surface area contributed by atoms with Gasteiger partial charge in [-0.15, -0.1) is 0 Å². The standard InChI is InChI=1S/C18H36O2.Li/c1-17(2)15-13-11-9-7-5-3-4-6-8-10-12-14-16-18(19)20;/h17H,3-16H2,1-2H3,(H,19,20);. The summed E-state index contributed by atoms with van der Waals surface area (Å²) < 4.78 is 0. The maximum Gasteiger partial charge on any atom is 0.303 e. The van der Waals surface area contributed by atoms with Gasteiger partial charge in [0.05, 0.1) is 0 Å². The molecule has 3 heteroatoms. The molecule has 0 rings (SSSR count). The number of carbonyl (C=O) groups is 1. The minimum absolute atomic E-state index is 0. The Morgan fingerprint density at radius 3 is 1.38 bits per heavy atom. The van der Waals surface area contributed by atoms with Gasteiger partial charge in [0.15, 0.2) is 0 Å². The van der Waals surface area contributed by atoms with Crippen LogP contribution in [0.25, 0.3) is 0 Å². The van der Waals surface area contributed by atoms with E-state index in [4.69, 9.17) is 5.11 Å². The largest absolute Gasteiger partial charge is 0.481 e. The first-order chi connectivity index (χ1) is 9.63. The van der Waals surface area contributed by atoms with Crippen molar-refractivity contribution < 1.29 is 9.90 Å². The van der Waals surface area contributed by atoms with Crippen molar-refractivity contribution in [1.29, 1.82) is 0 Å². The molecule has 0 saturated carbocycles. The van der Waals surface area contributed by atoms with E-state index < -0.39 is 5.97 Å². The van der Waals surface area contributed by atoms with Crippen LogP contribution in [0, 0.1) is 5.92 Å². The van der Waals surface area contributed by atoms with Crippen LogP contribution in [-0.2, 0) is 4.79 Å². The predicted molar refractivity (Wildman–Crippen MR) is 92.9 cm³/mol. The second kappa shape index (κ2) is 18.1. The Hall–Kier alpha value is 0.0674. The summed E-state index contributed by atoms with van der Waals surface area (Å²) >= 11 is 0. The zero-order valence-electron chi connectivity index (χ0n) is 14.8. The molecule has 0 amide bonds. The predicted octanol–water partition coefficient (Wildman–Crippen LogP) is 5.81. The molecule has 0 bridgehead atoms. The summed E-state index contributed by atoms with van der Waals surface area (Å²) in [6.45, 7) is 4.61. The van der Waals surface area contributed by atoms with Crippen molar-refractivity contribution in [3.63, 3.8) is 0 Å². The minimum atomic E-state index is -0.654. The molecule has 0 aromatic heterocycles. The Morgan fingerprint density at radius 1 is 0.714 bits per heavy atom. The van der Waals surface area contributed by atoms with Crippen LogP contribution in [0.3, 0.4) is 0 Å². The molecule has 0 saturated heterocycles. The molecule has 0 aromatic carbocycles. The molecule has 2 nitrogen and oxygen atoms in total. The molecule has 0 unspecified atom stereocenters. The summed E-state index contributed by atoms with van der Waals surface area (Å²) in [5, 5.41) is 8.52. The monoisotopic (exact) mass is 291 g/mol. The molecule has 0 spiro atoms. The molecule has 0 atom stereocenters. The zero-order valence-corrected chi connectivity index (χ0v) is 14.8. The molecule has 0 aromatic rings. The Morgan fingerprint density at radius 2 is 1.05 bits per heavy atom. The number of hydrogen-bond donors (Lipinski definition) is 1. The van der Waals surface area contributed by atoms with Crippen molar-refractivity contribution in [2.24, 2.45) is 5.92 Å². The van der Waals surface area contributed by atoms with Crippen molar-refractivity contribution in [3.05, 3.63) is 0 Å². The number of hydrogen-bond acceptors (Lipinski definition) is 1. The van der Waals surface area contributed by atoms with Crippen molar-refractivity contribution in [3.8, 4) is 0 Å². The smallest absolute Gasteiger partial charge is 0.303 e. The summed E-state index contributed by atoms with van der Waals surface area (Å²) in [5.41, 5.74) is 0. The first-order valence-corrected chi connectivity index (χ1v) is 8.84. The van der Waals surface area contributed by atoms with Gasteiger partial charge in [-0.25, -0.2) is 0 Å². The topological polar surface area (TPSA) is 37.3 Å². The number of aliphatic carboxylic acids is 1. The van der Waals surface area contributed by atoms with Crippen LogP contribution < -0.4 is 0 Å². The fraction of sp³-hybridized carbons (Fsp3) is 0.944. The second-order valence-electron chi connectivity index (χ2n) is 6.57. The maximum absolute atomic E-state index is 10.3. The molecular weight excluding hydrogens is 255 g/mol. The number of carboxylic acids is 1. The molecule has 0 aliphatic rings. The summed E-state index contributed by atoms with van der Waals surface area (Å²) in [6, 6.07) is 0. The van der Waals surface area contributed by atoms with E-state index in [2.05, 4.69) is 13.8 Å². The number of rotatable bonds is 15. The van der Waals surface area contributed by atoms with E-state index in [9.17, 15) is 4.79 Å². The van der Waals surface area contributed by atoms with Gasteiger partial charge < -0.3 is 5.11 Å². The van der Waals surface area contributed by atoms with E-state index in [1.54, 1.807) is 0 Å². The number of unbranched alkanes of at least 4 members (excludes halogenated alkanes) is 11. The molecule has 0 heterocycles. The Bertz CT molecular complexity index is 217. The van der Waals surface area contributed by atoms with Crippen LogP contribution in [0.1, 0.15) is 104 Å². The van der Waals surface area contributed by atoms with Gasteiger partial charge in [0.2, 0.25) is 0 Å². The molecule has 0 aliphatic heterocycles. The quantitative estimate of drug-likeness (QED) is 0.305. The van der Waals surface area contributed by atoms with Gasteiger partial charge in [0.1, 0.15) is 0 Å². The van der Waals surface area contributed by atoms with Crippen LogP contribution in [0.15, 0.2) is 0 Å². The number of carboxylic acid groups (broad SMARTS) is 1. The molecule has 21 heavy (non-hydrogen) atoms. The maximum atomic E-state index is 10.3. The average molecular weight is 291 g/mol. The normalized spacial score (nSPS) is 10.6. The van der Waals surface area contributed by atoms with Gasteiger partial charge in [0, 0.05) is 25.3 Å². The van der Waals surface area contributed by atoms with E-state index >= 15 is 0 Å². The summed E-state index contributed by atoms with van der Waals surface area (Å²) in [7, 11) is 0. The first kappa shape index (κ1) is 23.3. The van der Waals surface area contributed by atoms with Crippen molar-refractivity contribution in [2.45, 2.75) is 104 Å². The SMILES string of the molecule is CC(C)CCCCCCCCCCCCCCC(=O)O.[Li]. The van der Waals surface area contributed by atoms with Crippen LogP contribution in [-0.4, -0.2) is 29.9 Å². The Kier molecular flexibility index (Phi) is 20.1. The molecule has 1 N–H and O–H groups in total. The van der Waals surface area contributed by atoms with Crippen LogP contribution >= 0.6 is 0 Å². The molecule has 121 valence electrons. The van der Waals surface area contributed by atoms with Gasteiger partial charge in [0.25, 0.3) is 0 Å². The molecule has 1 radical (unpaired) electrons. The Balaban J connectivity index is 0. The van der Waals surface area contributed by atoms with Gasteiger partial charge in [-0.05, 0) is 12.3 Å². The van der Waals surface area contributed by atoms with E-state index in [0.29, 0.717) is 6.42 Å². The average Bonchev–Trinajstić information content (AvgIpc) is 2.38. The van der Waals surface area contributed by atoms with E-state index in [1.807, 2.05) is 0 Å². The van der Waals surface area contributed by atoms with Crippen LogP contribution in [0.5, 0.6) is 0 Å².